The van der Waals surface area contributed by atoms with E-state index in [1.807, 2.05) is 12.1 Å². The summed E-state index contributed by atoms with van der Waals surface area (Å²) in [4.78, 5) is 0. The molecule has 0 saturated heterocycles. The molecule has 0 saturated carbocycles. The smallest absolute Gasteiger partial charge is 0.199 e. The van der Waals surface area contributed by atoms with Gasteiger partial charge >= 0.3 is 0 Å². The Bertz CT molecular complexity index is 516. The van der Waals surface area contributed by atoms with Crippen LogP contribution in [0.5, 0.6) is 0 Å². The lowest BCUT2D eigenvalue weighted by atomic mass is 9.82. The van der Waals surface area contributed by atoms with Crippen LogP contribution in [0.4, 0.5) is 5.69 Å². The SMILES string of the molecule is CC[N+]1=C(C)C(C)(C)c2cc(C#N)ccc21. The number of nitriles is 1. The van der Waals surface area contributed by atoms with Crippen LogP contribution in [-0.2, 0) is 5.41 Å². The van der Waals surface area contributed by atoms with Crippen molar-refractivity contribution >= 4 is 11.4 Å². The molecule has 2 heteroatoms. The van der Waals surface area contributed by atoms with Gasteiger partial charge in [-0.2, -0.15) is 9.84 Å². The number of hydrogen-bond donors (Lipinski definition) is 0. The molecule has 1 aromatic rings. The average molecular weight is 213 g/mol. The van der Waals surface area contributed by atoms with Crippen LogP contribution in [0.3, 0.4) is 0 Å². The monoisotopic (exact) mass is 213 g/mol. The third kappa shape index (κ3) is 1.28. The van der Waals surface area contributed by atoms with Crippen LogP contribution in [0.25, 0.3) is 0 Å². The zero-order chi connectivity index (χ0) is 11.9. The minimum absolute atomic E-state index is 0.0399. The average Bonchev–Trinajstić information content (AvgIpc) is 2.47. The Kier molecular flexibility index (Phi) is 2.35. The van der Waals surface area contributed by atoms with Crippen molar-refractivity contribution in [3.63, 3.8) is 0 Å². The van der Waals surface area contributed by atoms with Gasteiger partial charge in [-0.15, -0.1) is 0 Å². The molecule has 2 nitrogen and oxygen atoms in total. The van der Waals surface area contributed by atoms with E-state index in [9.17, 15) is 0 Å². The van der Waals surface area contributed by atoms with E-state index in [-0.39, 0.29) is 5.41 Å². The van der Waals surface area contributed by atoms with Gasteiger partial charge in [0, 0.05) is 18.6 Å². The van der Waals surface area contributed by atoms with Crippen molar-refractivity contribution in [1.29, 1.82) is 5.26 Å². The lowest BCUT2D eigenvalue weighted by Crippen LogP contribution is -2.26. The molecule has 16 heavy (non-hydrogen) atoms. The van der Waals surface area contributed by atoms with Gasteiger partial charge in [0.15, 0.2) is 5.71 Å². The van der Waals surface area contributed by atoms with Gasteiger partial charge in [0.05, 0.1) is 17.0 Å². The van der Waals surface area contributed by atoms with Crippen LogP contribution in [0.1, 0.15) is 38.8 Å². The maximum absolute atomic E-state index is 8.96. The van der Waals surface area contributed by atoms with E-state index in [0.717, 1.165) is 12.1 Å². The topological polar surface area (TPSA) is 26.8 Å². The Morgan fingerprint density at radius 2 is 2.06 bits per heavy atom. The quantitative estimate of drug-likeness (QED) is 0.659. The molecule has 0 aromatic heterocycles. The molecule has 1 aromatic carbocycles. The summed E-state index contributed by atoms with van der Waals surface area (Å²) in [7, 11) is 0. The lowest BCUT2D eigenvalue weighted by Gasteiger charge is -2.14. The molecule has 2 rings (SSSR count). The Balaban J connectivity index is 2.70. The molecule has 0 fully saturated rings. The van der Waals surface area contributed by atoms with Crippen LogP contribution < -0.4 is 0 Å². The molecule has 0 N–H and O–H groups in total. The van der Waals surface area contributed by atoms with E-state index < -0.39 is 0 Å². The van der Waals surface area contributed by atoms with Crippen molar-refractivity contribution in [2.45, 2.75) is 33.1 Å². The van der Waals surface area contributed by atoms with Crippen molar-refractivity contribution in [3.8, 4) is 6.07 Å². The van der Waals surface area contributed by atoms with Crippen LogP contribution in [0.2, 0.25) is 0 Å². The highest BCUT2D eigenvalue weighted by atomic mass is 15.0. The molecular weight excluding hydrogens is 196 g/mol. The number of hydrogen-bond acceptors (Lipinski definition) is 1. The summed E-state index contributed by atoms with van der Waals surface area (Å²) in [5, 5.41) is 8.96. The Hall–Kier alpha value is -1.62. The highest BCUT2D eigenvalue weighted by Gasteiger charge is 2.42. The van der Waals surface area contributed by atoms with Gasteiger partial charge in [-0.25, -0.2) is 0 Å². The van der Waals surface area contributed by atoms with Gasteiger partial charge < -0.3 is 0 Å². The molecule has 1 aliphatic heterocycles. The van der Waals surface area contributed by atoms with E-state index in [4.69, 9.17) is 5.26 Å². The summed E-state index contributed by atoms with van der Waals surface area (Å²) in [6.45, 7) is 9.76. The van der Waals surface area contributed by atoms with Crippen molar-refractivity contribution in [2.75, 3.05) is 6.54 Å². The predicted octanol–water partition coefficient (Wildman–Crippen LogP) is 2.97. The fourth-order valence-electron chi connectivity index (χ4n) is 2.46. The first-order chi connectivity index (χ1) is 7.52. The fourth-order valence-corrected chi connectivity index (χ4v) is 2.46. The van der Waals surface area contributed by atoms with E-state index in [1.54, 1.807) is 0 Å². The zero-order valence-electron chi connectivity index (χ0n) is 10.3. The highest BCUT2D eigenvalue weighted by molar-refractivity contribution is 5.93. The van der Waals surface area contributed by atoms with Crippen molar-refractivity contribution in [3.05, 3.63) is 29.3 Å². The first kappa shape index (κ1) is 10.9. The van der Waals surface area contributed by atoms with Gasteiger partial charge in [-0.05, 0) is 32.9 Å². The van der Waals surface area contributed by atoms with E-state index >= 15 is 0 Å². The summed E-state index contributed by atoms with van der Waals surface area (Å²) >= 11 is 0. The molecule has 1 aliphatic rings. The summed E-state index contributed by atoms with van der Waals surface area (Å²) < 4.78 is 2.33. The standard InChI is InChI=1S/C14H17N2/c1-5-16-10(2)14(3,4)12-8-11(9-15)6-7-13(12)16/h6-8H,5H2,1-4H3/q+1. The van der Waals surface area contributed by atoms with Gasteiger partial charge in [0.2, 0.25) is 5.69 Å². The summed E-state index contributed by atoms with van der Waals surface area (Å²) in [6.07, 6.45) is 0. The molecule has 0 amide bonds. The zero-order valence-corrected chi connectivity index (χ0v) is 10.3. The predicted molar refractivity (Wildman–Crippen MR) is 65.3 cm³/mol. The third-order valence-corrected chi connectivity index (χ3v) is 3.72. The molecule has 0 radical (unpaired) electrons. The van der Waals surface area contributed by atoms with Crippen LogP contribution in [-0.4, -0.2) is 16.8 Å². The number of rotatable bonds is 1. The molecule has 0 unspecified atom stereocenters. The van der Waals surface area contributed by atoms with E-state index in [2.05, 4.69) is 44.4 Å². The minimum atomic E-state index is 0.0399. The van der Waals surface area contributed by atoms with Crippen LogP contribution in [0.15, 0.2) is 18.2 Å². The summed E-state index contributed by atoms with van der Waals surface area (Å²) in [6, 6.07) is 8.20. The van der Waals surface area contributed by atoms with E-state index in [0.29, 0.717) is 0 Å². The van der Waals surface area contributed by atoms with Crippen molar-refractivity contribution in [1.82, 2.24) is 0 Å². The molecule has 1 heterocycles. The van der Waals surface area contributed by atoms with Crippen LogP contribution in [0, 0.1) is 11.3 Å². The van der Waals surface area contributed by atoms with Gasteiger partial charge in [0.25, 0.3) is 0 Å². The molecule has 0 atom stereocenters. The summed E-state index contributed by atoms with van der Waals surface area (Å²) in [5.41, 5.74) is 4.67. The van der Waals surface area contributed by atoms with Gasteiger partial charge in [-0.3, -0.25) is 0 Å². The number of fused-ring (bicyclic) bond motifs is 1. The van der Waals surface area contributed by atoms with Crippen LogP contribution >= 0.6 is 0 Å². The fraction of sp³-hybridized carbons (Fsp3) is 0.429. The minimum Gasteiger partial charge on any atom is -0.199 e. The second-order valence-corrected chi connectivity index (χ2v) is 4.80. The largest absolute Gasteiger partial charge is 0.209 e. The van der Waals surface area contributed by atoms with Gasteiger partial charge in [-0.1, -0.05) is 0 Å². The second kappa shape index (κ2) is 3.45. The Morgan fingerprint density at radius 3 is 2.62 bits per heavy atom. The number of benzene rings is 1. The molecule has 82 valence electrons. The highest BCUT2D eigenvalue weighted by Crippen LogP contribution is 2.39. The molecule has 0 spiro atoms. The molecule has 0 aliphatic carbocycles. The summed E-state index contributed by atoms with van der Waals surface area (Å²) in [5.74, 6) is 0. The maximum atomic E-state index is 8.96. The Labute approximate surface area is 96.8 Å². The maximum Gasteiger partial charge on any atom is 0.209 e. The number of nitrogens with zero attached hydrogens (tertiary/aromatic N) is 2. The second-order valence-electron chi connectivity index (χ2n) is 4.80. The van der Waals surface area contributed by atoms with Crippen molar-refractivity contribution < 1.29 is 4.58 Å². The first-order valence-electron chi connectivity index (χ1n) is 5.68. The van der Waals surface area contributed by atoms with E-state index in [1.165, 1.54) is 17.0 Å². The first-order valence-corrected chi connectivity index (χ1v) is 5.68. The lowest BCUT2D eigenvalue weighted by molar-refractivity contribution is -0.434. The normalized spacial score (nSPS) is 17.2. The van der Waals surface area contributed by atoms with Gasteiger partial charge in [0.1, 0.15) is 6.54 Å². The third-order valence-electron chi connectivity index (χ3n) is 3.72. The molecular formula is C14H17N2+. The Morgan fingerprint density at radius 1 is 1.38 bits per heavy atom. The molecule has 0 bridgehead atoms. The van der Waals surface area contributed by atoms with Crippen molar-refractivity contribution in [2.24, 2.45) is 0 Å².